The van der Waals surface area contributed by atoms with E-state index >= 15 is 0 Å². The quantitative estimate of drug-likeness (QED) is 0.588. The molecule has 12 heavy (non-hydrogen) atoms. The second-order valence-electron chi connectivity index (χ2n) is 4.34. The van der Waals surface area contributed by atoms with Crippen molar-refractivity contribution >= 4 is 0 Å². The normalized spacial score (nSPS) is 25.5. The minimum atomic E-state index is 0.778. The molecule has 1 nitrogen and oxygen atoms in total. The van der Waals surface area contributed by atoms with Crippen molar-refractivity contribution in [3.05, 3.63) is 0 Å². The highest BCUT2D eigenvalue weighted by Gasteiger charge is 2.35. The molecule has 2 aliphatic rings. The average molecular weight is 169 g/mol. The van der Waals surface area contributed by atoms with Gasteiger partial charge in [-0.1, -0.05) is 33.1 Å². The molecule has 1 N–H and O–H groups in total. The van der Waals surface area contributed by atoms with Gasteiger partial charge in [0.25, 0.3) is 0 Å². The molecule has 1 aliphatic heterocycles. The van der Waals surface area contributed by atoms with Gasteiger partial charge in [-0.3, -0.25) is 0 Å². The summed E-state index contributed by atoms with van der Waals surface area (Å²) in [4.78, 5) is 0. The Kier molecular flexibility index (Phi) is 4.07. The Bertz CT molecular complexity index is 90.7. The number of hydrogen-bond acceptors (Lipinski definition) is 1. The molecule has 0 aromatic heterocycles. The lowest BCUT2D eigenvalue weighted by molar-refractivity contribution is 0.336. The van der Waals surface area contributed by atoms with E-state index < -0.39 is 0 Å². The second kappa shape index (κ2) is 4.86. The van der Waals surface area contributed by atoms with Gasteiger partial charge in [-0.05, 0) is 31.2 Å². The fourth-order valence-corrected chi connectivity index (χ4v) is 2.35. The summed E-state index contributed by atoms with van der Waals surface area (Å²) in [5.41, 5.74) is 0.778. The number of rotatable bonds is 0. The van der Waals surface area contributed by atoms with Crippen molar-refractivity contribution in [3.8, 4) is 0 Å². The first-order chi connectivity index (χ1) is 5.83. The molecule has 1 heterocycles. The van der Waals surface area contributed by atoms with Crippen molar-refractivity contribution in [3.63, 3.8) is 0 Å². The molecule has 0 amide bonds. The summed E-state index contributed by atoms with van der Waals surface area (Å²) in [6.45, 7) is 6.84. The molecule has 1 saturated heterocycles. The van der Waals surface area contributed by atoms with Gasteiger partial charge < -0.3 is 5.32 Å². The van der Waals surface area contributed by atoms with Crippen LogP contribution in [0.5, 0.6) is 0 Å². The Morgan fingerprint density at radius 2 is 1.67 bits per heavy atom. The zero-order valence-corrected chi connectivity index (χ0v) is 8.66. The van der Waals surface area contributed by atoms with Crippen LogP contribution in [0.3, 0.4) is 0 Å². The Balaban J connectivity index is 0.000000213. The first-order valence-corrected chi connectivity index (χ1v) is 5.54. The SMILES string of the molecule is C1CCC2(C1)CCNC2.CCC. The fourth-order valence-electron chi connectivity index (χ4n) is 2.35. The summed E-state index contributed by atoms with van der Waals surface area (Å²) in [7, 11) is 0. The summed E-state index contributed by atoms with van der Waals surface area (Å²) in [5.74, 6) is 0. The molecule has 1 spiro atoms. The van der Waals surface area contributed by atoms with Crippen LogP contribution in [0.2, 0.25) is 0 Å². The topological polar surface area (TPSA) is 12.0 Å². The van der Waals surface area contributed by atoms with Crippen molar-refractivity contribution < 1.29 is 0 Å². The lowest BCUT2D eigenvalue weighted by Crippen LogP contribution is -2.19. The highest BCUT2D eigenvalue weighted by Crippen LogP contribution is 2.42. The van der Waals surface area contributed by atoms with Gasteiger partial charge in [0.05, 0.1) is 0 Å². The molecule has 0 bridgehead atoms. The van der Waals surface area contributed by atoms with Crippen LogP contribution in [0.15, 0.2) is 0 Å². The second-order valence-corrected chi connectivity index (χ2v) is 4.34. The van der Waals surface area contributed by atoms with E-state index in [1.54, 1.807) is 0 Å². The molecule has 0 radical (unpaired) electrons. The van der Waals surface area contributed by atoms with E-state index in [2.05, 4.69) is 19.2 Å². The summed E-state index contributed by atoms with van der Waals surface area (Å²) in [6.07, 6.45) is 8.68. The Labute approximate surface area is 76.9 Å². The van der Waals surface area contributed by atoms with E-state index in [-0.39, 0.29) is 0 Å². The monoisotopic (exact) mass is 169 g/mol. The van der Waals surface area contributed by atoms with Crippen LogP contribution in [0, 0.1) is 5.41 Å². The van der Waals surface area contributed by atoms with Crippen LogP contribution in [0.4, 0.5) is 0 Å². The van der Waals surface area contributed by atoms with Crippen LogP contribution in [-0.4, -0.2) is 13.1 Å². The lowest BCUT2D eigenvalue weighted by Gasteiger charge is -2.19. The van der Waals surface area contributed by atoms with E-state index in [0.29, 0.717) is 0 Å². The molecule has 1 saturated carbocycles. The molecule has 2 rings (SSSR count). The van der Waals surface area contributed by atoms with Gasteiger partial charge in [0, 0.05) is 6.54 Å². The Hall–Kier alpha value is -0.0400. The van der Waals surface area contributed by atoms with Crippen LogP contribution < -0.4 is 5.32 Å². The standard InChI is InChI=1S/C8H15N.C3H8/c1-2-4-8(3-1)5-6-9-7-8;1-3-2/h9H,1-7H2;3H2,1-2H3. The summed E-state index contributed by atoms with van der Waals surface area (Å²) in [6, 6.07) is 0. The van der Waals surface area contributed by atoms with E-state index in [1.807, 2.05) is 0 Å². The Morgan fingerprint density at radius 1 is 1.08 bits per heavy atom. The van der Waals surface area contributed by atoms with E-state index in [0.717, 1.165) is 5.41 Å². The molecular weight excluding hydrogens is 146 g/mol. The lowest BCUT2D eigenvalue weighted by atomic mass is 9.86. The van der Waals surface area contributed by atoms with E-state index in [4.69, 9.17) is 0 Å². The van der Waals surface area contributed by atoms with Crippen molar-refractivity contribution in [2.24, 2.45) is 5.41 Å². The van der Waals surface area contributed by atoms with Gasteiger partial charge in [-0.25, -0.2) is 0 Å². The summed E-state index contributed by atoms with van der Waals surface area (Å²) in [5, 5.41) is 3.46. The van der Waals surface area contributed by atoms with Crippen LogP contribution in [-0.2, 0) is 0 Å². The van der Waals surface area contributed by atoms with Crippen molar-refractivity contribution in [2.45, 2.75) is 52.4 Å². The zero-order valence-electron chi connectivity index (χ0n) is 8.66. The molecule has 0 aromatic carbocycles. The van der Waals surface area contributed by atoms with Gasteiger partial charge in [0.1, 0.15) is 0 Å². The predicted octanol–water partition coefficient (Wildman–Crippen LogP) is 2.96. The molecule has 1 heteroatoms. The molecule has 1 aliphatic carbocycles. The van der Waals surface area contributed by atoms with E-state index in [9.17, 15) is 0 Å². The maximum absolute atomic E-state index is 3.46. The maximum atomic E-state index is 3.46. The maximum Gasteiger partial charge on any atom is 0.000829 e. The molecule has 0 aromatic rings. The third-order valence-electron chi connectivity index (χ3n) is 3.00. The molecule has 72 valence electrons. The van der Waals surface area contributed by atoms with Crippen molar-refractivity contribution in [1.29, 1.82) is 0 Å². The van der Waals surface area contributed by atoms with Gasteiger partial charge >= 0.3 is 0 Å². The summed E-state index contributed by atoms with van der Waals surface area (Å²) >= 11 is 0. The number of hydrogen-bond donors (Lipinski definition) is 1. The highest BCUT2D eigenvalue weighted by atomic mass is 14.9. The van der Waals surface area contributed by atoms with E-state index in [1.165, 1.54) is 51.6 Å². The predicted molar refractivity (Wildman–Crippen MR) is 54.4 cm³/mol. The average Bonchev–Trinajstić information content (AvgIpc) is 2.66. The molecule has 2 fully saturated rings. The van der Waals surface area contributed by atoms with Gasteiger partial charge in [0.2, 0.25) is 0 Å². The third kappa shape index (κ3) is 2.48. The van der Waals surface area contributed by atoms with Crippen LogP contribution in [0.25, 0.3) is 0 Å². The van der Waals surface area contributed by atoms with Gasteiger partial charge in [-0.15, -0.1) is 0 Å². The fraction of sp³-hybridized carbons (Fsp3) is 1.00. The largest absolute Gasteiger partial charge is 0.316 e. The summed E-state index contributed by atoms with van der Waals surface area (Å²) < 4.78 is 0. The highest BCUT2D eigenvalue weighted by molar-refractivity contribution is 4.91. The van der Waals surface area contributed by atoms with Crippen molar-refractivity contribution in [2.75, 3.05) is 13.1 Å². The minimum Gasteiger partial charge on any atom is -0.316 e. The van der Waals surface area contributed by atoms with Gasteiger partial charge in [-0.2, -0.15) is 0 Å². The minimum absolute atomic E-state index is 0.778. The molecule has 0 unspecified atom stereocenters. The first-order valence-electron chi connectivity index (χ1n) is 5.54. The zero-order chi connectivity index (χ0) is 8.86. The third-order valence-corrected chi connectivity index (χ3v) is 3.00. The van der Waals surface area contributed by atoms with Crippen LogP contribution in [0.1, 0.15) is 52.4 Å². The smallest absolute Gasteiger partial charge is 0.000829 e. The first kappa shape index (κ1) is 10.0. The van der Waals surface area contributed by atoms with Gasteiger partial charge in [0.15, 0.2) is 0 Å². The van der Waals surface area contributed by atoms with Crippen molar-refractivity contribution in [1.82, 2.24) is 5.32 Å². The van der Waals surface area contributed by atoms with Crippen LogP contribution >= 0.6 is 0 Å². The Morgan fingerprint density at radius 3 is 2.08 bits per heavy atom. The molecule has 0 atom stereocenters. The number of nitrogens with one attached hydrogen (secondary N) is 1. The molecular formula is C11H23N.